The van der Waals surface area contributed by atoms with Crippen LogP contribution < -0.4 is 0 Å². The standard InChI is InChI=1S/C13H17N3O3/c1-7(11-8(2)15-18-9(11)3)13-14-12(16-19-13)10-4-5-17-6-10/h7,10H,4-6H2,1-3H3/t7-,10+/m0/s1. The lowest BCUT2D eigenvalue weighted by molar-refractivity contribution is 0.192. The molecule has 19 heavy (non-hydrogen) atoms. The summed E-state index contributed by atoms with van der Waals surface area (Å²) < 4.78 is 15.9. The zero-order valence-corrected chi connectivity index (χ0v) is 11.3. The Kier molecular flexibility index (Phi) is 3.10. The molecule has 0 spiro atoms. The molecule has 1 fully saturated rings. The molecule has 0 saturated carbocycles. The number of nitrogens with zero attached hydrogens (tertiary/aromatic N) is 3. The van der Waals surface area contributed by atoms with Crippen LogP contribution in [0.5, 0.6) is 0 Å². The summed E-state index contributed by atoms with van der Waals surface area (Å²) in [4.78, 5) is 4.50. The molecule has 3 heterocycles. The Morgan fingerprint density at radius 3 is 2.68 bits per heavy atom. The molecule has 2 aromatic rings. The number of hydrogen-bond acceptors (Lipinski definition) is 6. The van der Waals surface area contributed by atoms with Crippen molar-refractivity contribution in [1.82, 2.24) is 15.3 Å². The van der Waals surface area contributed by atoms with E-state index in [2.05, 4.69) is 15.3 Å². The second kappa shape index (κ2) is 4.77. The van der Waals surface area contributed by atoms with Crippen molar-refractivity contribution < 1.29 is 13.8 Å². The van der Waals surface area contributed by atoms with Gasteiger partial charge in [-0.1, -0.05) is 10.3 Å². The summed E-state index contributed by atoms with van der Waals surface area (Å²) in [5.74, 6) is 2.40. The van der Waals surface area contributed by atoms with Gasteiger partial charge in [0.05, 0.1) is 18.2 Å². The van der Waals surface area contributed by atoms with Crippen LogP contribution in [0.4, 0.5) is 0 Å². The molecule has 2 atom stereocenters. The van der Waals surface area contributed by atoms with Crippen molar-refractivity contribution in [2.75, 3.05) is 13.2 Å². The number of aryl methyl sites for hydroxylation is 2. The third-order valence-electron chi connectivity index (χ3n) is 3.64. The molecule has 0 amide bonds. The normalized spacial score (nSPS) is 20.9. The highest BCUT2D eigenvalue weighted by molar-refractivity contribution is 5.29. The molecule has 0 aliphatic carbocycles. The van der Waals surface area contributed by atoms with E-state index < -0.39 is 0 Å². The first kappa shape index (κ1) is 12.3. The summed E-state index contributed by atoms with van der Waals surface area (Å²) >= 11 is 0. The highest BCUT2D eigenvalue weighted by atomic mass is 16.5. The average Bonchev–Trinajstić information content (AvgIpc) is 3.09. The Balaban J connectivity index is 1.86. The molecule has 0 radical (unpaired) electrons. The van der Waals surface area contributed by atoms with E-state index >= 15 is 0 Å². The first-order valence-corrected chi connectivity index (χ1v) is 6.51. The summed E-state index contributed by atoms with van der Waals surface area (Å²) in [5.41, 5.74) is 1.90. The maximum absolute atomic E-state index is 5.39. The number of aromatic nitrogens is 3. The predicted octanol–water partition coefficient (Wildman–Crippen LogP) is 2.33. The van der Waals surface area contributed by atoms with Crippen LogP contribution in [0.2, 0.25) is 0 Å². The highest BCUT2D eigenvalue weighted by Crippen LogP contribution is 2.30. The first-order chi connectivity index (χ1) is 9.16. The molecule has 2 aromatic heterocycles. The molecule has 6 nitrogen and oxygen atoms in total. The summed E-state index contributed by atoms with van der Waals surface area (Å²) in [6, 6.07) is 0. The molecule has 1 aliphatic rings. The minimum Gasteiger partial charge on any atom is -0.381 e. The Morgan fingerprint density at radius 1 is 1.21 bits per heavy atom. The molecule has 102 valence electrons. The quantitative estimate of drug-likeness (QED) is 0.846. The molecular weight excluding hydrogens is 246 g/mol. The maximum atomic E-state index is 5.39. The topological polar surface area (TPSA) is 74.2 Å². The molecule has 1 saturated heterocycles. The Hall–Kier alpha value is -1.69. The highest BCUT2D eigenvalue weighted by Gasteiger charge is 2.27. The molecule has 0 bridgehead atoms. The summed E-state index contributed by atoms with van der Waals surface area (Å²) in [6.07, 6.45) is 0.957. The third-order valence-corrected chi connectivity index (χ3v) is 3.64. The van der Waals surface area contributed by atoms with Crippen LogP contribution in [0.3, 0.4) is 0 Å². The van der Waals surface area contributed by atoms with Crippen molar-refractivity contribution in [2.24, 2.45) is 0 Å². The van der Waals surface area contributed by atoms with Gasteiger partial charge >= 0.3 is 0 Å². The first-order valence-electron chi connectivity index (χ1n) is 6.51. The largest absolute Gasteiger partial charge is 0.381 e. The van der Waals surface area contributed by atoms with Gasteiger partial charge in [-0.2, -0.15) is 4.98 Å². The maximum Gasteiger partial charge on any atom is 0.234 e. The summed E-state index contributed by atoms with van der Waals surface area (Å²) in [7, 11) is 0. The number of hydrogen-bond donors (Lipinski definition) is 0. The van der Waals surface area contributed by atoms with E-state index in [1.54, 1.807) is 0 Å². The van der Waals surface area contributed by atoms with Crippen molar-refractivity contribution in [1.29, 1.82) is 0 Å². The van der Waals surface area contributed by atoms with Crippen LogP contribution in [0.25, 0.3) is 0 Å². The molecule has 6 heteroatoms. The molecular formula is C13H17N3O3. The molecule has 0 N–H and O–H groups in total. The van der Waals surface area contributed by atoms with Gasteiger partial charge in [0.15, 0.2) is 5.82 Å². The molecule has 0 unspecified atom stereocenters. The van der Waals surface area contributed by atoms with Gasteiger partial charge < -0.3 is 13.8 Å². The van der Waals surface area contributed by atoms with Crippen LogP contribution in [-0.4, -0.2) is 28.5 Å². The Bertz CT molecular complexity index is 550. The van der Waals surface area contributed by atoms with Crippen molar-refractivity contribution in [3.63, 3.8) is 0 Å². The number of ether oxygens (including phenoxy) is 1. The van der Waals surface area contributed by atoms with Crippen LogP contribution in [-0.2, 0) is 4.74 Å². The van der Waals surface area contributed by atoms with Crippen LogP contribution in [0.1, 0.15) is 53.9 Å². The predicted molar refractivity (Wildman–Crippen MR) is 66.0 cm³/mol. The van der Waals surface area contributed by atoms with E-state index in [0.717, 1.165) is 35.9 Å². The van der Waals surface area contributed by atoms with Gasteiger partial charge in [-0.25, -0.2) is 0 Å². The lowest BCUT2D eigenvalue weighted by Crippen LogP contribution is -2.02. The average molecular weight is 263 g/mol. The van der Waals surface area contributed by atoms with Gasteiger partial charge in [-0.3, -0.25) is 0 Å². The zero-order chi connectivity index (χ0) is 13.4. The van der Waals surface area contributed by atoms with E-state index in [4.69, 9.17) is 13.8 Å². The number of rotatable bonds is 3. The second-order valence-electron chi connectivity index (χ2n) is 5.01. The van der Waals surface area contributed by atoms with Crippen molar-refractivity contribution in [2.45, 2.75) is 39.0 Å². The second-order valence-corrected chi connectivity index (χ2v) is 5.01. The van der Waals surface area contributed by atoms with E-state index in [1.807, 2.05) is 20.8 Å². The zero-order valence-electron chi connectivity index (χ0n) is 11.3. The summed E-state index contributed by atoms with van der Waals surface area (Å²) in [5, 5.41) is 8.03. The van der Waals surface area contributed by atoms with E-state index in [9.17, 15) is 0 Å². The molecule has 0 aromatic carbocycles. The Labute approximate surface area is 111 Å². The minimum atomic E-state index is -0.00479. The Morgan fingerprint density at radius 2 is 2.05 bits per heavy atom. The van der Waals surface area contributed by atoms with Gasteiger partial charge in [0.25, 0.3) is 0 Å². The molecule has 3 rings (SSSR count). The lowest BCUT2D eigenvalue weighted by Gasteiger charge is -2.05. The third kappa shape index (κ3) is 2.16. The monoisotopic (exact) mass is 263 g/mol. The van der Waals surface area contributed by atoms with Crippen LogP contribution in [0, 0.1) is 13.8 Å². The van der Waals surface area contributed by atoms with E-state index in [1.165, 1.54) is 0 Å². The SMILES string of the molecule is Cc1noc(C)c1[C@H](C)c1nc([C@@H]2CCOC2)no1. The van der Waals surface area contributed by atoms with Gasteiger partial charge in [-0.15, -0.1) is 0 Å². The fourth-order valence-electron chi connectivity index (χ4n) is 2.56. The fourth-order valence-corrected chi connectivity index (χ4v) is 2.56. The van der Waals surface area contributed by atoms with Gasteiger partial charge in [-0.05, 0) is 27.2 Å². The fraction of sp³-hybridized carbons (Fsp3) is 0.615. The lowest BCUT2D eigenvalue weighted by atomic mass is 9.99. The molecule has 1 aliphatic heterocycles. The summed E-state index contributed by atoms with van der Waals surface area (Å²) in [6.45, 7) is 7.29. The minimum absolute atomic E-state index is 0.00479. The van der Waals surface area contributed by atoms with Crippen molar-refractivity contribution >= 4 is 0 Å². The van der Waals surface area contributed by atoms with Crippen LogP contribution >= 0.6 is 0 Å². The van der Waals surface area contributed by atoms with Crippen molar-refractivity contribution in [3.05, 3.63) is 28.7 Å². The van der Waals surface area contributed by atoms with Gasteiger partial charge in [0.2, 0.25) is 5.89 Å². The van der Waals surface area contributed by atoms with Gasteiger partial charge in [0.1, 0.15) is 5.76 Å². The van der Waals surface area contributed by atoms with E-state index in [-0.39, 0.29) is 11.8 Å². The van der Waals surface area contributed by atoms with Crippen LogP contribution in [0.15, 0.2) is 9.05 Å². The van der Waals surface area contributed by atoms with E-state index in [0.29, 0.717) is 12.5 Å². The smallest absolute Gasteiger partial charge is 0.234 e. The van der Waals surface area contributed by atoms with Crippen molar-refractivity contribution in [3.8, 4) is 0 Å². The van der Waals surface area contributed by atoms with Gasteiger partial charge in [0, 0.05) is 18.1 Å².